The zero-order chi connectivity index (χ0) is 25.0. The number of nitrogens with zero attached hydrogens (tertiary/aromatic N) is 4. The monoisotopic (exact) mass is 481 g/mol. The van der Waals surface area contributed by atoms with Crippen LogP contribution in [0.1, 0.15) is 38.3 Å². The second-order valence-electron chi connectivity index (χ2n) is 9.69. The Balaban J connectivity index is 1.57. The number of anilines is 1. The van der Waals surface area contributed by atoms with Crippen molar-refractivity contribution < 1.29 is 9.84 Å². The first-order valence-corrected chi connectivity index (χ1v) is 12.1. The van der Waals surface area contributed by atoms with E-state index in [-0.39, 0.29) is 11.5 Å². The van der Waals surface area contributed by atoms with Gasteiger partial charge in [-0.25, -0.2) is 9.50 Å². The fourth-order valence-corrected chi connectivity index (χ4v) is 5.34. The third-order valence-corrected chi connectivity index (χ3v) is 7.03. The first-order valence-electron chi connectivity index (χ1n) is 12.1. The molecule has 0 radical (unpaired) electrons. The van der Waals surface area contributed by atoms with Gasteiger partial charge in [0, 0.05) is 28.2 Å². The molecule has 0 spiro atoms. The number of fused-ring (bicyclic) bond motifs is 2. The summed E-state index contributed by atoms with van der Waals surface area (Å²) in [4.78, 5) is 17.9. The highest BCUT2D eigenvalue weighted by Crippen LogP contribution is 2.46. The van der Waals surface area contributed by atoms with E-state index < -0.39 is 5.60 Å². The molecule has 0 atom stereocenters. The number of aromatic nitrogens is 4. The molecule has 0 aliphatic heterocycles. The summed E-state index contributed by atoms with van der Waals surface area (Å²) in [5.74, 6) is 1.17. The molecule has 1 fully saturated rings. The largest absolute Gasteiger partial charge is 0.492 e. The van der Waals surface area contributed by atoms with E-state index in [0.29, 0.717) is 41.9 Å². The number of rotatable bonds is 5. The average Bonchev–Trinajstić information content (AvgIpc) is 3.25. The third-order valence-electron chi connectivity index (χ3n) is 7.03. The Morgan fingerprint density at radius 2 is 1.92 bits per heavy atom. The number of para-hydroxylation sites is 1. The van der Waals surface area contributed by atoms with E-state index in [0.717, 1.165) is 27.9 Å². The van der Waals surface area contributed by atoms with Crippen molar-refractivity contribution in [2.45, 2.75) is 38.2 Å². The maximum atomic E-state index is 13.7. The van der Waals surface area contributed by atoms with Crippen LogP contribution in [0.4, 0.5) is 5.82 Å². The van der Waals surface area contributed by atoms with Gasteiger partial charge in [-0.05, 0) is 62.6 Å². The number of nitrogen functional groups attached to an aromatic ring is 1. The van der Waals surface area contributed by atoms with Crippen molar-refractivity contribution >= 4 is 22.1 Å². The van der Waals surface area contributed by atoms with Crippen LogP contribution in [-0.2, 0) is 0 Å². The predicted octanol–water partition coefficient (Wildman–Crippen LogP) is 4.31. The maximum absolute atomic E-state index is 13.7. The van der Waals surface area contributed by atoms with Gasteiger partial charge in [0.2, 0.25) is 0 Å². The minimum Gasteiger partial charge on any atom is -0.492 e. The summed E-state index contributed by atoms with van der Waals surface area (Å²) in [6.45, 7) is 4.25. The van der Waals surface area contributed by atoms with Crippen LogP contribution in [0.25, 0.3) is 33.1 Å². The Kier molecular flexibility index (Phi) is 5.08. The summed E-state index contributed by atoms with van der Waals surface area (Å²) < 4.78 is 9.36. The van der Waals surface area contributed by atoms with Crippen molar-refractivity contribution in [2.24, 2.45) is 0 Å². The fraction of sp³-hybridized carbons (Fsp3) is 0.250. The van der Waals surface area contributed by atoms with Gasteiger partial charge in [-0.3, -0.25) is 9.36 Å². The molecule has 8 nitrogen and oxygen atoms in total. The zero-order valence-corrected chi connectivity index (χ0v) is 20.2. The number of pyridine rings is 1. The third kappa shape index (κ3) is 3.53. The number of hydrogen-bond donors (Lipinski definition) is 2. The lowest BCUT2D eigenvalue weighted by molar-refractivity contribution is -0.0326. The van der Waals surface area contributed by atoms with Crippen molar-refractivity contribution in [1.82, 2.24) is 19.2 Å². The molecule has 1 saturated carbocycles. The van der Waals surface area contributed by atoms with Crippen molar-refractivity contribution in [2.75, 3.05) is 12.3 Å². The van der Waals surface area contributed by atoms with Gasteiger partial charge in [0.15, 0.2) is 5.82 Å². The molecule has 1 aliphatic carbocycles. The van der Waals surface area contributed by atoms with Crippen LogP contribution in [0, 0.1) is 0 Å². The van der Waals surface area contributed by atoms with E-state index in [4.69, 9.17) is 10.5 Å². The Morgan fingerprint density at radius 3 is 2.64 bits per heavy atom. The molecule has 0 saturated heterocycles. The lowest BCUT2D eigenvalue weighted by Gasteiger charge is -2.40. The summed E-state index contributed by atoms with van der Waals surface area (Å²) in [5, 5.41) is 16.1. The highest BCUT2D eigenvalue weighted by molar-refractivity contribution is 5.95. The van der Waals surface area contributed by atoms with E-state index in [2.05, 4.69) is 16.1 Å². The molecule has 8 heteroatoms. The van der Waals surface area contributed by atoms with E-state index in [1.807, 2.05) is 66.9 Å². The first-order chi connectivity index (χ1) is 17.4. The smallest absolute Gasteiger partial charge is 0.263 e. The molecule has 0 amide bonds. The zero-order valence-electron chi connectivity index (χ0n) is 20.2. The van der Waals surface area contributed by atoms with Crippen LogP contribution in [0.2, 0.25) is 0 Å². The lowest BCUT2D eigenvalue weighted by atomic mass is 9.70. The number of aliphatic hydroxyl groups is 1. The molecular weight excluding hydrogens is 454 g/mol. The minimum atomic E-state index is -0.672. The van der Waals surface area contributed by atoms with Gasteiger partial charge < -0.3 is 15.6 Å². The number of nitrogens with two attached hydrogens (primary N) is 1. The van der Waals surface area contributed by atoms with E-state index >= 15 is 0 Å². The van der Waals surface area contributed by atoms with Crippen LogP contribution >= 0.6 is 0 Å². The van der Waals surface area contributed by atoms with E-state index in [9.17, 15) is 9.90 Å². The molecule has 1 aliphatic rings. The van der Waals surface area contributed by atoms with E-state index in [1.54, 1.807) is 10.8 Å². The Hall–Kier alpha value is -4.17. The summed E-state index contributed by atoms with van der Waals surface area (Å²) in [5.41, 5.74) is 9.64. The standard InChI is InChI=1S/C28H27N5O3/c1-3-36-24-15-32(19-7-5-4-6-8-19)27(34)22-11-17(9-10-20(22)24)21-12-23(18-13-28(2,35)14-18)33-25(21)26(29)30-16-31-33/h4-12,15-16,18,35H,3,13-14H2,1-2H3,(H2,29,30,31). The van der Waals surface area contributed by atoms with E-state index in [1.165, 1.54) is 6.33 Å². The molecular formula is C28H27N5O3. The normalized spacial score (nSPS) is 19.5. The highest BCUT2D eigenvalue weighted by Gasteiger charge is 2.41. The first kappa shape index (κ1) is 22.3. The van der Waals surface area contributed by atoms with Crippen molar-refractivity contribution in [3.8, 4) is 22.6 Å². The molecule has 182 valence electrons. The molecule has 36 heavy (non-hydrogen) atoms. The van der Waals surface area contributed by atoms with Crippen LogP contribution < -0.4 is 16.0 Å². The van der Waals surface area contributed by atoms with Gasteiger partial charge in [0.1, 0.15) is 17.6 Å². The van der Waals surface area contributed by atoms with Crippen LogP contribution in [0.15, 0.2) is 71.9 Å². The van der Waals surface area contributed by atoms with Gasteiger partial charge in [-0.15, -0.1) is 0 Å². The highest BCUT2D eigenvalue weighted by atomic mass is 16.5. The van der Waals surface area contributed by atoms with Gasteiger partial charge >= 0.3 is 0 Å². The van der Waals surface area contributed by atoms with Crippen LogP contribution in [-0.4, -0.2) is 36.5 Å². The molecule has 3 heterocycles. The Morgan fingerprint density at radius 1 is 1.14 bits per heavy atom. The number of benzene rings is 2. The van der Waals surface area contributed by atoms with Crippen molar-refractivity contribution in [3.05, 3.63) is 83.2 Å². The van der Waals surface area contributed by atoms with Crippen molar-refractivity contribution in [1.29, 1.82) is 0 Å². The van der Waals surface area contributed by atoms with Crippen molar-refractivity contribution in [3.63, 3.8) is 0 Å². The summed E-state index contributed by atoms with van der Waals surface area (Å²) in [6.07, 6.45) is 4.50. The van der Waals surface area contributed by atoms with Gasteiger partial charge in [-0.2, -0.15) is 5.10 Å². The quantitative estimate of drug-likeness (QED) is 0.387. The maximum Gasteiger partial charge on any atom is 0.263 e. The number of ether oxygens (including phenoxy) is 1. The van der Waals surface area contributed by atoms with Gasteiger partial charge in [0.05, 0.1) is 23.8 Å². The predicted molar refractivity (Wildman–Crippen MR) is 140 cm³/mol. The lowest BCUT2D eigenvalue weighted by Crippen LogP contribution is -2.39. The van der Waals surface area contributed by atoms with Crippen LogP contribution in [0.3, 0.4) is 0 Å². The molecule has 0 unspecified atom stereocenters. The Labute approximate surface area is 207 Å². The summed E-state index contributed by atoms with van der Waals surface area (Å²) in [6, 6.07) is 17.4. The second kappa shape index (κ2) is 8.20. The molecule has 0 bridgehead atoms. The molecule has 6 rings (SSSR count). The molecule has 2 aromatic carbocycles. The molecule has 3 N–H and O–H groups in total. The topological polar surface area (TPSA) is 108 Å². The SMILES string of the molecule is CCOc1cn(-c2ccccc2)c(=O)c2cc(-c3cc(C4CC(C)(O)C4)n4ncnc(N)c34)ccc12. The van der Waals surface area contributed by atoms with Gasteiger partial charge in [-0.1, -0.05) is 24.3 Å². The second-order valence-corrected chi connectivity index (χ2v) is 9.69. The summed E-state index contributed by atoms with van der Waals surface area (Å²) in [7, 11) is 0. The average molecular weight is 482 g/mol. The Bertz CT molecular complexity index is 1660. The molecule has 3 aromatic heterocycles. The minimum absolute atomic E-state index is 0.135. The van der Waals surface area contributed by atoms with Gasteiger partial charge in [0.25, 0.3) is 5.56 Å². The number of hydrogen-bond acceptors (Lipinski definition) is 6. The van der Waals surface area contributed by atoms with Crippen LogP contribution in [0.5, 0.6) is 5.75 Å². The molecule has 5 aromatic rings. The fourth-order valence-electron chi connectivity index (χ4n) is 5.34. The summed E-state index contributed by atoms with van der Waals surface area (Å²) >= 11 is 0.